The van der Waals surface area contributed by atoms with E-state index in [4.69, 9.17) is 19.2 Å². The van der Waals surface area contributed by atoms with Crippen molar-refractivity contribution in [3.05, 3.63) is 35.9 Å². The highest BCUT2D eigenvalue weighted by atomic mass is 32.2. The lowest BCUT2D eigenvalue weighted by atomic mass is 10.2. The Kier molecular flexibility index (Phi) is 1.93. The molecular weight excluding hydrogens is 230 g/mol. The maximum atomic E-state index is 12.9. The number of hydrogen-bond acceptors (Lipinski definition) is 2. The Balaban J connectivity index is 3.57. The van der Waals surface area contributed by atoms with Crippen LogP contribution in [0.2, 0.25) is 0 Å². The van der Waals surface area contributed by atoms with E-state index in [1.807, 2.05) is 0 Å². The summed E-state index contributed by atoms with van der Waals surface area (Å²) in [6, 6.07) is 8.08. The van der Waals surface area contributed by atoms with Crippen molar-refractivity contribution in [2.75, 3.05) is 13.0 Å². The molecule has 0 atom stereocenters. The maximum absolute atomic E-state index is 12.9. The van der Waals surface area contributed by atoms with E-state index in [9.17, 15) is 4.79 Å². The molecule has 0 aliphatic rings. The summed E-state index contributed by atoms with van der Waals surface area (Å²) in [5.41, 5.74) is 0.527. The van der Waals surface area contributed by atoms with Crippen molar-refractivity contribution in [2.24, 2.45) is 0 Å². The monoisotopic (exact) mass is 265 g/mol. The second-order valence-corrected chi connectivity index (χ2v) is 3.78. The minimum atomic E-state index is -3.96. The maximum Gasteiger partial charge on any atom is 0.281 e. The Hall–Kier alpha value is -0.960. The summed E-state index contributed by atoms with van der Waals surface area (Å²) in [5.74, 6) is -0.171. The van der Waals surface area contributed by atoms with Crippen LogP contribution in [0.15, 0.2) is 30.3 Å². The van der Waals surface area contributed by atoms with Crippen molar-refractivity contribution in [1.29, 1.82) is 0 Å². The first kappa shape index (κ1) is 4.02. The lowest BCUT2D eigenvalue weighted by Crippen LogP contribution is -2.29. The smallest absolute Gasteiger partial charge is 0.281 e. The molecule has 1 amide bonds. The summed E-state index contributed by atoms with van der Waals surface area (Å²) in [7, 11) is 0. The zero-order chi connectivity index (χ0) is 24.7. The second-order valence-electron chi connectivity index (χ2n) is 2.85. The number of thioether (sulfide) groups is 1. The molecule has 17 heavy (non-hydrogen) atoms. The molecule has 0 unspecified atom stereocenters. The van der Waals surface area contributed by atoms with Gasteiger partial charge in [-0.1, -0.05) is 55.8 Å². The topological polar surface area (TPSA) is 20.3 Å². The van der Waals surface area contributed by atoms with E-state index in [0.29, 0.717) is 5.56 Å². The summed E-state index contributed by atoms with van der Waals surface area (Å²) in [6.45, 7) is -15.3. The molecule has 1 aromatic rings. The van der Waals surface area contributed by atoms with Crippen molar-refractivity contribution in [3.8, 4) is 0 Å². The van der Waals surface area contributed by atoms with Gasteiger partial charge in [-0.2, -0.15) is 0 Å². The minimum absolute atomic E-state index is 0.171. The van der Waals surface area contributed by atoms with E-state index in [0.717, 1.165) is 0 Å². The fourth-order valence-corrected chi connectivity index (χ4v) is 1.72. The average Bonchev–Trinajstić information content (AvgIpc) is 2.58. The third-order valence-corrected chi connectivity index (χ3v) is 2.63. The number of benzene rings is 1. The van der Waals surface area contributed by atoms with Crippen LogP contribution in [0.5, 0.6) is 0 Å². The normalized spacial score (nSPS) is 27.3. The van der Waals surface area contributed by atoms with Crippen LogP contribution in [0.25, 0.3) is 0 Å². The summed E-state index contributed by atoms with van der Waals surface area (Å²) < 4.78 is 107. The highest BCUT2D eigenvalue weighted by Crippen LogP contribution is 2.16. The van der Waals surface area contributed by atoms with Gasteiger partial charge in [0.15, 0.2) is 0 Å². The van der Waals surface area contributed by atoms with E-state index in [2.05, 4.69) is 0 Å². The molecule has 1 aromatic carbocycles. The zero-order valence-electron chi connectivity index (χ0n) is 22.9. The molecule has 0 spiro atoms. The standard InChI is InChI=1S/C14H21NOS/c1-3-10-15(11-4-2)14(16)17-12-13-8-6-5-7-9-13/h5-9H,3-4,10-12H2,1-2H3/i1D3,2D3,3D2,4D2,10D2,11D2. The average molecular weight is 265 g/mol. The predicted octanol–water partition coefficient (Wildman–Crippen LogP) is 4.16. The van der Waals surface area contributed by atoms with Gasteiger partial charge in [-0.05, 0) is 18.3 Å². The van der Waals surface area contributed by atoms with Crippen LogP contribution in [0.4, 0.5) is 4.79 Å². The van der Waals surface area contributed by atoms with Gasteiger partial charge < -0.3 is 4.90 Å². The molecule has 0 saturated carbocycles. The molecule has 0 saturated heterocycles. The minimum Gasteiger partial charge on any atom is -0.334 e. The second kappa shape index (κ2) is 8.18. The third-order valence-electron chi connectivity index (χ3n) is 1.72. The molecule has 2 nitrogen and oxygen atoms in total. The van der Waals surface area contributed by atoms with Crippen molar-refractivity contribution in [2.45, 2.75) is 32.2 Å². The van der Waals surface area contributed by atoms with Crippen molar-refractivity contribution < 1.29 is 24.0 Å². The van der Waals surface area contributed by atoms with Crippen LogP contribution in [0.1, 0.15) is 51.2 Å². The van der Waals surface area contributed by atoms with Gasteiger partial charge in [-0.25, -0.2) is 0 Å². The molecule has 0 aromatic heterocycles. The largest absolute Gasteiger partial charge is 0.334 e. The summed E-state index contributed by atoms with van der Waals surface area (Å²) >= 11 is 0.251. The van der Waals surface area contributed by atoms with Crippen LogP contribution in [-0.4, -0.2) is 23.1 Å². The molecule has 1 rings (SSSR count). The molecule has 0 radical (unpaired) electrons. The van der Waals surface area contributed by atoms with E-state index >= 15 is 0 Å². The van der Waals surface area contributed by atoms with Gasteiger partial charge in [0.05, 0.1) is 0 Å². The Morgan fingerprint density at radius 2 is 1.94 bits per heavy atom. The SMILES string of the molecule is [2H]C([2H])([2H])C([2H])([2H])C([2H])([2H])N(C(=O)SCc1ccccc1)C([2H])([2H])C([2H])([2H])C([2H])([2H])[2H]. The number of carbonyl (C=O) groups is 1. The first-order valence-corrected chi connectivity index (χ1v) is 5.62. The Bertz CT molecular complexity index is 735. The Labute approximate surface area is 128 Å². The van der Waals surface area contributed by atoms with Gasteiger partial charge in [0.1, 0.15) is 0 Å². The van der Waals surface area contributed by atoms with Gasteiger partial charge in [0.25, 0.3) is 5.24 Å². The summed E-state index contributed by atoms with van der Waals surface area (Å²) in [4.78, 5) is 12.3. The first-order valence-electron chi connectivity index (χ1n) is 11.6. The van der Waals surface area contributed by atoms with Crippen LogP contribution < -0.4 is 0 Å². The molecule has 0 aliphatic heterocycles. The fraction of sp³-hybridized carbons (Fsp3) is 0.500. The molecule has 94 valence electrons. The van der Waals surface area contributed by atoms with Crippen molar-refractivity contribution >= 4 is 17.0 Å². The number of rotatable bonds is 6. The fourth-order valence-electron chi connectivity index (χ4n) is 1.01. The highest BCUT2D eigenvalue weighted by Gasteiger charge is 2.11. The van der Waals surface area contributed by atoms with Crippen LogP contribution in [0, 0.1) is 0 Å². The van der Waals surface area contributed by atoms with E-state index in [-0.39, 0.29) is 17.5 Å². The summed E-state index contributed by atoms with van der Waals surface area (Å²) in [5, 5.41) is -1.57. The van der Waals surface area contributed by atoms with Crippen molar-refractivity contribution in [3.63, 3.8) is 0 Å². The Morgan fingerprint density at radius 3 is 2.53 bits per heavy atom. The van der Waals surface area contributed by atoms with E-state index in [1.165, 1.54) is 0 Å². The predicted molar refractivity (Wildman–Crippen MR) is 75.3 cm³/mol. The molecule has 3 heteroatoms. The Morgan fingerprint density at radius 1 is 1.29 bits per heavy atom. The van der Waals surface area contributed by atoms with Crippen LogP contribution in [0.3, 0.4) is 0 Å². The number of carbonyl (C=O) groups excluding carboxylic acids is 1. The molecule has 0 aliphatic carbocycles. The van der Waals surface area contributed by atoms with Gasteiger partial charge in [0, 0.05) is 37.9 Å². The third kappa shape index (κ3) is 5.26. The zero-order valence-corrected chi connectivity index (χ0v) is 9.67. The molecule has 0 heterocycles. The lowest BCUT2D eigenvalue weighted by molar-refractivity contribution is 0.223. The quantitative estimate of drug-likeness (QED) is 0.769. The molecule has 0 bridgehead atoms. The van der Waals surface area contributed by atoms with Crippen LogP contribution >= 0.6 is 11.8 Å². The van der Waals surface area contributed by atoms with Gasteiger partial charge in [0.2, 0.25) is 0 Å². The lowest BCUT2D eigenvalue weighted by Gasteiger charge is -2.20. The first-order chi connectivity index (χ1) is 13.6. The number of amides is 1. The van der Waals surface area contributed by atoms with E-state index in [1.54, 1.807) is 30.3 Å². The van der Waals surface area contributed by atoms with Gasteiger partial charge >= 0.3 is 0 Å². The van der Waals surface area contributed by atoms with E-state index < -0.39 is 49.6 Å². The molecule has 0 fully saturated rings. The van der Waals surface area contributed by atoms with Gasteiger partial charge in [-0.15, -0.1) is 0 Å². The summed E-state index contributed by atoms with van der Waals surface area (Å²) in [6.07, 6.45) is -7.75. The highest BCUT2D eigenvalue weighted by molar-refractivity contribution is 8.12. The van der Waals surface area contributed by atoms with Gasteiger partial charge in [-0.3, -0.25) is 4.79 Å². The molecule has 0 N–H and O–H groups in total. The van der Waals surface area contributed by atoms with Crippen LogP contribution in [-0.2, 0) is 5.75 Å². The number of nitrogens with zero attached hydrogens (tertiary/aromatic N) is 1. The van der Waals surface area contributed by atoms with Crippen molar-refractivity contribution in [1.82, 2.24) is 4.90 Å². The molecular formula is C14H21NOS. The number of hydrogen-bond donors (Lipinski definition) is 0.